The van der Waals surface area contributed by atoms with Crippen molar-refractivity contribution in [1.29, 1.82) is 0 Å². The Kier molecular flexibility index (Phi) is 33.7. The van der Waals surface area contributed by atoms with Crippen LogP contribution in [0.2, 0.25) is 0 Å². The third kappa shape index (κ3) is 31.1. The minimum absolute atomic E-state index is 0.0548. The van der Waals surface area contributed by atoms with Gasteiger partial charge in [0.05, 0.1) is 19.6 Å². The molecule has 1 aromatic rings. The van der Waals surface area contributed by atoms with E-state index < -0.39 is 6.29 Å². The highest BCUT2D eigenvalue weighted by molar-refractivity contribution is 5.70. The molecule has 0 spiro atoms. The molecule has 0 saturated carbocycles. The lowest BCUT2D eigenvalue weighted by Gasteiger charge is -2.19. The predicted molar refractivity (Wildman–Crippen MR) is 220 cm³/mol. The van der Waals surface area contributed by atoms with Gasteiger partial charge in [-0.3, -0.25) is 14.4 Å². The van der Waals surface area contributed by atoms with Gasteiger partial charge < -0.3 is 28.8 Å². The number of esters is 3. The number of carbonyl (C=O) groups is 3. The van der Waals surface area contributed by atoms with Crippen LogP contribution in [0, 0.1) is 0 Å². The summed E-state index contributed by atoms with van der Waals surface area (Å²) in [4.78, 5) is 37.1. The second-order valence-electron chi connectivity index (χ2n) is 14.8. The lowest BCUT2D eigenvalue weighted by atomic mass is 10.1. The molecule has 0 saturated heterocycles. The minimum atomic E-state index is -0.427. The quantitative estimate of drug-likeness (QED) is 0.0230. The first-order valence-corrected chi connectivity index (χ1v) is 22.0. The fourth-order valence-electron chi connectivity index (χ4n) is 6.17. The van der Waals surface area contributed by atoms with Crippen LogP contribution >= 0.6 is 0 Å². The largest absolute Gasteiger partial charge is 0.465 e. The lowest BCUT2D eigenvalue weighted by Crippen LogP contribution is -2.21. The zero-order valence-electron chi connectivity index (χ0n) is 35.1. The number of hydrogen-bond acceptors (Lipinski definition) is 9. The third-order valence-corrected chi connectivity index (χ3v) is 9.48. The highest BCUT2D eigenvalue weighted by atomic mass is 16.7. The molecule has 316 valence electrons. The Morgan fingerprint density at radius 3 is 1.49 bits per heavy atom. The van der Waals surface area contributed by atoms with Gasteiger partial charge in [0.15, 0.2) is 6.29 Å². The molecule has 9 nitrogen and oxygen atoms in total. The van der Waals surface area contributed by atoms with Crippen molar-refractivity contribution in [2.45, 2.75) is 207 Å². The Labute approximate surface area is 334 Å². The summed E-state index contributed by atoms with van der Waals surface area (Å²) < 4.78 is 28.5. The molecule has 0 aliphatic rings. The van der Waals surface area contributed by atoms with Gasteiger partial charge in [-0.2, -0.15) is 0 Å². The van der Waals surface area contributed by atoms with Gasteiger partial charge >= 0.3 is 17.9 Å². The maximum atomic E-state index is 12.7. The van der Waals surface area contributed by atoms with Crippen LogP contribution in [0.15, 0.2) is 30.4 Å². The average molecular weight is 775 g/mol. The molecule has 0 aliphatic carbocycles. The SMILES string of the molecule is CCCCC/C=C\CCOC(=O)CCCCCCC(=O)OCc1cc(CO)cc(COC(=O)CCC(OCCCCCCCC)OCCCCCCCC)c1. The van der Waals surface area contributed by atoms with Crippen LogP contribution < -0.4 is 0 Å². The van der Waals surface area contributed by atoms with E-state index >= 15 is 0 Å². The Hall–Kier alpha value is -2.75. The number of aliphatic hydroxyl groups excluding tert-OH is 1. The van der Waals surface area contributed by atoms with Crippen molar-refractivity contribution >= 4 is 17.9 Å². The monoisotopic (exact) mass is 775 g/mol. The molecule has 0 heterocycles. The molecule has 0 aromatic heterocycles. The molecule has 0 radical (unpaired) electrons. The fourth-order valence-corrected chi connectivity index (χ4v) is 6.17. The van der Waals surface area contributed by atoms with Gasteiger partial charge in [0.2, 0.25) is 0 Å². The topological polar surface area (TPSA) is 118 Å². The molecule has 0 aliphatic heterocycles. The molecule has 1 N–H and O–H groups in total. The van der Waals surface area contributed by atoms with Gasteiger partial charge in [-0.25, -0.2) is 0 Å². The molecule has 1 aromatic carbocycles. The molecular formula is C46H78O9. The molecule has 0 unspecified atom stereocenters. The molecule has 0 fully saturated rings. The molecule has 9 heteroatoms. The molecule has 0 bridgehead atoms. The van der Waals surface area contributed by atoms with Gasteiger partial charge in [0, 0.05) is 32.5 Å². The van der Waals surface area contributed by atoms with Crippen molar-refractivity contribution < 1.29 is 43.2 Å². The van der Waals surface area contributed by atoms with Crippen molar-refractivity contribution in [3.63, 3.8) is 0 Å². The first-order chi connectivity index (χ1) is 26.9. The first kappa shape index (κ1) is 50.3. The van der Waals surface area contributed by atoms with E-state index in [-0.39, 0.29) is 44.1 Å². The van der Waals surface area contributed by atoms with Crippen molar-refractivity contribution in [1.82, 2.24) is 0 Å². The van der Waals surface area contributed by atoms with Gasteiger partial charge in [0.1, 0.15) is 13.2 Å². The standard InChI is InChI=1S/C46H78O9/c1-4-7-10-13-16-21-24-31-51-43(48)27-22-17-18-23-28-44(49)54-38-41-34-40(37-47)35-42(36-41)39-55-45(50)29-30-46(52-32-25-19-14-11-8-5-2)53-33-26-20-15-12-9-6-3/h16,21,34-36,46-47H,4-15,17-20,22-33,37-39H2,1-3H3/b21-16-. The van der Waals surface area contributed by atoms with E-state index in [2.05, 4.69) is 32.9 Å². The van der Waals surface area contributed by atoms with Gasteiger partial charge in [-0.15, -0.1) is 0 Å². The zero-order chi connectivity index (χ0) is 40.0. The second kappa shape index (κ2) is 36.9. The second-order valence-corrected chi connectivity index (χ2v) is 14.8. The summed E-state index contributed by atoms with van der Waals surface area (Å²) in [6.45, 7) is 8.25. The molecule has 1 rings (SSSR count). The number of unbranched alkanes of at least 4 members (excludes halogenated alkanes) is 16. The summed E-state index contributed by atoms with van der Waals surface area (Å²) >= 11 is 0. The highest BCUT2D eigenvalue weighted by Gasteiger charge is 2.14. The fraction of sp³-hybridized carbons (Fsp3) is 0.761. The van der Waals surface area contributed by atoms with E-state index in [4.69, 9.17) is 23.7 Å². The number of benzene rings is 1. The normalized spacial score (nSPS) is 11.4. The molecule has 0 amide bonds. The summed E-state index contributed by atoms with van der Waals surface area (Å²) in [5, 5.41) is 9.82. The van der Waals surface area contributed by atoms with Gasteiger partial charge in [0.25, 0.3) is 0 Å². The van der Waals surface area contributed by atoms with Crippen LogP contribution in [-0.2, 0) is 57.9 Å². The minimum Gasteiger partial charge on any atom is -0.465 e. The lowest BCUT2D eigenvalue weighted by molar-refractivity contribution is -0.160. The zero-order valence-corrected chi connectivity index (χ0v) is 35.1. The Balaban J connectivity index is 2.37. The van der Waals surface area contributed by atoms with Crippen molar-refractivity contribution in [2.24, 2.45) is 0 Å². The van der Waals surface area contributed by atoms with E-state index in [1.54, 1.807) is 12.1 Å². The average Bonchev–Trinajstić information content (AvgIpc) is 3.19. The summed E-state index contributed by atoms with van der Waals surface area (Å²) in [6, 6.07) is 5.41. The van der Waals surface area contributed by atoms with Crippen molar-refractivity contribution in [3.05, 3.63) is 47.0 Å². The van der Waals surface area contributed by atoms with Crippen LogP contribution in [-0.4, -0.2) is 49.1 Å². The van der Waals surface area contributed by atoms with Crippen molar-refractivity contribution in [2.75, 3.05) is 19.8 Å². The Morgan fingerprint density at radius 2 is 0.945 bits per heavy atom. The molecule has 0 atom stereocenters. The molecular weight excluding hydrogens is 696 g/mol. The maximum Gasteiger partial charge on any atom is 0.306 e. The summed E-state index contributed by atoms with van der Waals surface area (Å²) in [5.74, 6) is -0.799. The number of aliphatic hydroxyl groups is 1. The van der Waals surface area contributed by atoms with E-state index in [0.717, 1.165) is 68.9 Å². The number of hydrogen-bond donors (Lipinski definition) is 1. The van der Waals surface area contributed by atoms with E-state index in [1.165, 1.54) is 70.6 Å². The molecule has 55 heavy (non-hydrogen) atoms. The van der Waals surface area contributed by atoms with Crippen LogP contribution in [0.1, 0.15) is 198 Å². The number of ether oxygens (including phenoxy) is 5. The number of allylic oxidation sites excluding steroid dienone is 1. The Morgan fingerprint density at radius 1 is 0.509 bits per heavy atom. The van der Waals surface area contributed by atoms with Crippen LogP contribution in [0.4, 0.5) is 0 Å². The smallest absolute Gasteiger partial charge is 0.306 e. The van der Waals surface area contributed by atoms with Crippen LogP contribution in [0.25, 0.3) is 0 Å². The highest BCUT2D eigenvalue weighted by Crippen LogP contribution is 2.16. The number of carbonyl (C=O) groups excluding carboxylic acids is 3. The first-order valence-electron chi connectivity index (χ1n) is 22.0. The maximum absolute atomic E-state index is 12.7. The number of rotatable bonds is 38. The van der Waals surface area contributed by atoms with E-state index in [1.807, 2.05) is 6.07 Å². The van der Waals surface area contributed by atoms with Gasteiger partial charge in [-0.05, 0) is 67.7 Å². The van der Waals surface area contributed by atoms with Gasteiger partial charge in [-0.1, -0.05) is 135 Å². The van der Waals surface area contributed by atoms with E-state index in [0.29, 0.717) is 51.1 Å². The van der Waals surface area contributed by atoms with E-state index in [9.17, 15) is 19.5 Å². The van der Waals surface area contributed by atoms with Crippen molar-refractivity contribution in [3.8, 4) is 0 Å². The third-order valence-electron chi connectivity index (χ3n) is 9.48. The predicted octanol–water partition coefficient (Wildman–Crippen LogP) is 11.5. The summed E-state index contributed by atoms with van der Waals surface area (Å²) in [6.07, 6.45) is 27.9. The summed E-state index contributed by atoms with van der Waals surface area (Å²) in [7, 11) is 0. The van der Waals surface area contributed by atoms with Crippen LogP contribution in [0.3, 0.4) is 0 Å². The van der Waals surface area contributed by atoms with Crippen LogP contribution in [0.5, 0.6) is 0 Å². The Bertz CT molecular complexity index is 1100. The summed E-state index contributed by atoms with van der Waals surface area (Å²) in [5.41, 5.74) is 2.10.